The Morgan fingerprint density at radius 1 is 1.58 bits per heavy atom. The van der Waals surface area contributed by atoms with Gasteiger partial charge in [-0.15, -0.1) is 0 Å². The largest absolute Gasteiger partial charge is 0.396 e. The third-order valence-electron chi connectivity index (χ3n) is 2.38. The summed E-state index contributed by atoms with van der Waals surface area (Å²) in [6.45, 7) is -0.0168. The van der Waals surface area contributed by atoms with Gasteiger partial charge in [0, 0.05) is 18.4 Å². The van der Waals surface area contributed by atoms with Crippen LogP contribution in [0.5, 0.6) is 0 Å². The molecule has 0 saturated heterocycles. The first-order chi connectivity index (χ1) is 9.08. The van der Waals surface area contributed by atoms with E-state index < -0.39 is 11.8 Å². The Morgan fingerprint density at radius 3 is 2.95 bits per heavy atom. The van der Waals surface area contributed by atoms with Crippen LogP contribution in [0.15, 0.2) is 18.2 Å². The van der Waals surface area contributed by atoms with Crippen LogP contribution in [-0.4, -0.2) is 35.8 Å². The minimum atomic E-state index is -0.664. The molecular weight excluding hydrogens is 291 g/mol. The monoisotopic (exact) mass is 306 g/mol. The molecule has 0 spiro atoms. The second-order valence-electron chi connectivity index (χ2n) is 3.86. The van der Waals surface area contributed by atoms with Gasteiger partial charge in [0.25, 0.3) is 0 Å². The van der Waals surface area contributed by atoms with Crippen molar-refractivity contribution < 1.29 is 14.3 Å². The molecule has 2 amide bonds. The lowest BCUT2D eigenvalue weighted by molar-refractivity contribution is 0.241. The van der Waals surface area contributed by atoms with E-state index in [2.05, 4.69) is 10.6 Å². The molecule has 1 rings (SSSR count). The molecule has 106 valence electrons. The fraction of sp³-hybridized carbons (Fsp3) is 0.417. The molecular formula is C12H16ClFN2O2S. The molecule has 0 aromatic heterocycles. The van der Waals surface area contributed by atoms with Gasteiger partial charge < -0.3 is 15.7 Å². The number of hydrogen-bond acceptors (Lipinski definition) is 3. The number of rotatable bonds is 6. The van der Waals surface area contributed by atoms with E-state index in [1.54, 1.807) is 17.8 Å². The van der Waals surface area contributed by atoms with Crippen LogP contribution >= 0.6 is 23.4 Å². The SMILES string of the molecule is CSC[C@@H](CCO)NC(=O)Nc1cccc(Cl)c1F. The molecule has 0 aliphatic heterocycles. The summed E-state index contributed by atoms with van der Waals surface area (Å²) in [5.74, 6) is 0.00864. The van der Waals surface area contributed by atoms with E-state index in [0.29, 0.717) is 12.2 Å². The summed E-state index contributed by atoms with van der Waals surface area (Å²) >= 11 is 7.17. The number of nitrogens with one attached hydrogen (secondary N) is 2. The molecule has 0 aliphatic rings. The third-order valence-corrected chi connectivity index (χ3v) is 3.41. The molecule has 0 saturated carbocycles. The van der Waals surface area contributed by atoms with Gasteiger partial charge in [-0.05, 0) is 24.8 Å². The van der Waals surface area contributed by atoms with E-state index in [1.807, 2.05) is 6.26 Å². The van der Waals surface area contributed by atoms with E-state index in [9.17, 15) is 9.18 Å². The molecule has 0 fully saturated rings. The highest BCUT2D eigenvalue weighted by atomic mass is 35.5. The molecule has 1 atom stereocenters. The van der Waals surface area contributed by atoms with Crippen molar-refractivity contribution in [3.8, 4) is 0 Å². The van der Waals surface area contributed by atoms with Crippen molar-refractivity contribution >= 4 is 35.1 Å². The van der Waals surface area contributed by atoms with Crippen molar-refractivity contribution in [2.75, 3.05) is 23.9 Å². The summed E-state index contributed by atoms with van der Waals surface area (Å²) in [5.41, 5.74) is 0.0249. The van der Waals surface area contributed by atoms with Gasteiger partial charge in [-0.25, -0.2) is 9.18 Å². The highest BCUT2D eigenvalue weighted by Crippen LogP contribution is 2.21. The van der Waals surface area contributed by atoms with Gasteiger partial charge in [-0.2, -0.15) is 11.8 Å². The molecule has 4 nitrogen and oxygen atoms in total. The number of carbonyl (C=O) groups excluding carboxylic acids is 1. The minimum Gasteiger partial charge on any atom is -0.396 e. The molecule has 0 unspecified atom stereocenters. The van der Waals surface area contributed by atoms with Crippen LogP contribution in [0.25, 0.3) is 0 Å². The normalized spacial score (nSPS) is 12.0. The Morgan fingerprint density at radius 2 is 2.32 bits per heavy atom. The Bertz CT molecular complexity index is 428. The second-order valence-corrected chi connectivity index (χ2v) is 5.18. The zero-order valence-corrected chi connectivity index (χ0v) is 12.0. The summed E-state index contributed by atoms with van der Waals surface area (Å²) in [4.78, 5) is 11.7. The molecule has 1 aromatic carbocycles. The van der Waals surface area contributed by atoms with Crippen LogP contribution < -0.4 is 10.6 Å². The Labute approximate surface area is 120 Å². The fourth-order valence-electron chi connectivity index (χ4n) is 1.50. The number of anilines is 1. The highest BCUT2D eigenvalue weighted by Gasteiger charge is 2.13. The summed E-state index contributed by atoms with van der Waals surface area (Å²) in [6, 6.07) is 3.70. The summed E-state index contributed by atoms with van der Waals surface area (Å²) in [7, 11) is 0. The number of amides is 2. The Balaban J connectivity index is 2.61. The van der Waals surface area contributed by atoms with Gasteiger partial charge in [0.05, 0.1) is 10.7 Å². The van der Waals surface area contributed by atoms with Crippen molar-refractivity contribution in [3.63, 3.8) is 0 Å². The van der Waals surface area contributed by atoms with Crippen molar-refractivity contribution in [1.82, 2.24) is 5.32 Å². The van der Waals surface area contributed by atoms with E-state index >= 15 is 0 Å². The van der Waals surface area contributed by atoms with E-state index in [-0.39, 0.29) is 23.4 Å². The van der Waals surface area contributed by atoms with Crippen LogP contribution in [-0.2, 0) is 0 Å². The number of halogens is 2. The van der Waals surface area contributed by atoms with E-state index in [1.165, 1.54) is 12.1 Å². The maximum absolute atomic E-state index is 13.6. The molecule has 0 aliphatic carbocycles. The number of benzene rings is 1. The van der Waals surface area contributed by atoms with Crippen LogP contribution in [0.3, 0.4) is 0 Å². The van der Waals surface area contributed by atoms with Gasteiger partial charge >= 0.3 is 6.03 Å². The van der Waals surface area contributed by atoms with Crippen molar-refractivity contribution in [2.24, 2.45) is 0 Å². The number of aliphatic hydroxyl groups excluding tert-OH is 1. The van der Waals surface area contributed by atoms with Gasteiger partial charge in [-0.1, -0.05) is 17.7 Å². The van der Waals surface area contributed by atoms with Crippen molar-refractivity contribution in [3.05, 3.63) is 29.0 Å². The first-order valence-electron chi connectivity index (χ1n) is 5.69. The summed E-state index contributed by atoms with van der Waals surface area (Å²) in [6.07, 6.45) is 2.35. The molecule has 0 bridgehead atoms. The predicted molar refractivity (Wildman–Crippen MR) is 77.4 cm³/mol. The minimum absolute atomic E-state index is 0.0168. The molecule has 7 heteroatoms. The van der Waals surface area contributed by atoms with Gasteiger partial charge in [-0.3, -0.25) is 0 Å². The number of urea groups is 1. The predicted octanol–water partition coefficient (Wildman–Crippen LogP) is 2.71. The number of aliphatic hydroxyl groups is 1. The third kappa shape index (κ3) is 5.26. The first-order valence-corrected chi connectivity index (χ1v) is 7.47. The molecule has 3 N–H and O–H groups in total. The Hall–Kier alpha value is -0.980. The van der Waals surface area contributed by atoms with Crippen LogP contribution in [0, 0.1) is 5.82 Å². The van der Waals surface area contributed by atoms with Crippen LogP contribution in [0.1, 0.15) is 6.42 Å². The zero-order chi connectivity index (χ0) is 14.3. The standard InChI is InChI=1S/C12H16ClFN2O2S/c1-19-7-8(5-6-17)15-12(18)16-10-4-2-3-9(13)11(10)14/h2-4,8,17H,5-7H2,1H3,(H2,15,16,18)/t8-/m1/s1. The zero-order valence-electron chi connectivity index (χ0n) is 10.5. The van der Waals surface area contributed by atoms with Gasteiger partial charge in [0.1, 0.15) is 0 Å². The van der Waals surface area contributed by atoms with Gasteiger partial charge in [0.2, 0.25) is 0 Å². The second kappa shape index (κ2) is 8.24. The lowest BCUT2D eigenvalue weighted by Crippen LogP contribution is -2.40. The quantitative estimate of drug-likeness (QED) is 0.757. The topological polar surface area (TPSA) is 61.4 Å². The summed E-state index contributed by atoms with van der Waals surface area (Å²) in [5, 5.41) is 13.9. The number of hydrogen-bond donors (Lipinski definition) is 3. The lowest BCUT2D eigenvalue weighted by Gasteiger charge is -2.17. The van der Waals surface area contributed by atoms with E-state index in [0.717, 1.165) is 0 Å². The average molecular weight is 307 g/mol. The first kappa shape index (κ1) is 16.1. The van der Waals surface area contributed by atoms with Crippen molar-refractivity contribution in [2.45, 2.75) is 12.5 Å². The highest BCUT2D eigenvalue weighted by molar-refractivity contribution is 7.98. The van der Waals surface area contributed by atoms with Crippen LogP contribution in [0.2, 0.25) is 5.02 Å². The van der Waals surface area contributed by atoms with Crippen LogP contribution in [0.4, 0.5) is 14.9 Å². The maximum Gasteiger partial charge on any atom is 0.319 e. The van der Waals surface area contributed by atoms with E-state index in [4.69, 9.17) is 16.7 Å². The molecule has 0 radical (unpaired) electrons. The number of thioether (sulfide) groups is 1. The molecule has 1 aromatic rings. The number of carbonyl (C=O) groups is 1. The Kier molecular flexibility index (Phi) is 6.97. The van der Waals surface area contributed by atoms with Gasteiger partial charge in [0.15, 0.2) is 5.82 Å². The molecule has 19 heavy (non-hydrogen) atoms. The van der Waals surface area contributed by atoms with Crippen molar-refractivity contribution in [1.29, 1.82) is 0 Å². The average Bonchev–Trinajstić information content (AvgIpc) is 2.35. The lowest BCUT2D eigenvalue weighted by atomic mass is 10.2. The fourth-order valence-corrected chi connectivity index (χ4v) is 2.33. The maximum atomic E-state index is 13.6. The summed E-state index contributed by atoms with van der Waals surface area (Å²) < 4.78 is 13.6. The smallest absolute Gasteiger partial charge is 0.319 e. The molecule has 0 heterocycles.